The van der Waals surface area contributed by atoms with Crippen molar-refractivity contribution in [2.24, 2.45) is 0 Å². The maximum absolute atomic E-state index is 12.2. The summed E-state index contributed by atoms with van der Waals surface area (Å²) in [4.78, 5) is 23.2. The summed E-state index contributed by atoms with van der Waals surface area (Å²) in [5.41, 5.74) is 8.23. The van der Waals surface area contributed by atoms with E-state index in [1.54, 1.807) is 6.07 Å². The lowest BCUT2D eigenvalue weighted by molar-refractivity contribution is 0.0697. The fourth-order valence-corrected chi connectivity index (χ4v) is 2.23. The predicted molar refractivity (Wildman–Crippen MR) is 84.0 cm³/mol. The van der Waals surface area contributed by atoms with E-state index in [1.807, 2.05) is 19.1 Å². The van der Waals surface area contributed by atoms with E-state index in [-0.39, 0.29) is 16.4 Å². The van der Waals surface area contributed by atoms with Crippen molar-refractivity contribution in [1.82, 2.24) is 0 Å². The standard InChI is InChI=1S/C17H13NO4/c1-9-2-3-10(7-13(9)18)16-8-14(19)12-6-11(17(20)21)4-5-15(12)22-16/h2-8H,18H2,1H3,(H,20,21). The summed E-state index contributed by atoms with van der Waals surface area (Å²) in [7, 11) is 0. The van der Waals surface area contributed by atoms with Crippen LogP contribution < -0.4 is 11.2 Å². The molecule has 22 heavy (non-hydrogen) atoms. The molecule has 0 atom stereocenters. The molecule has 5 heteroatoms. The van der Waals surface area contributed by atoms with Crippen molar-refractivity contribution in [3.05, 3.63) is 63.8 Å². The van der Waals surface area contributed by atoms with Crippen LogP contribution in [0.2, 0.25) is 0 Å². The van der Waals surface area contributed by atoms with Gasteiger partial charge >= 0.3 is 5.97 Å². The molecular formula is C17H13NO4. The Kier molecular flexibility index (Phi) is 3.18. The number of carboxylic acid groups (broad SMARTS) is 1. The molecule has 0 amide bonds. The Balaban J connectivity index is 2.21. The van der Waals surface area contributed by atoms with Crippen LogP contribution in [-0.2, 0) is 0 Å². The van der Waals surface area contributed by atoms with Crippen LogP contribution in [0.15, 0.2) is 51.7 Å². The molecule has 5 nitrogen and oxygen atoms in total. The van der Waals surface area contributed by atoms with Gasteiger partial charge in [-0.15, -0.1) is 0 Å². The molecular weight excluding hydrogens is 282 g/mol. The lowest BCUT2D eigenvalue weighted by Gasteiger charge is -2.06. The fourth-order valence-electron chi connectivity index (χ4n) is 2.23. The largest absolute Gasteiger partial charge is 0.478 e. The van der Waals surface area contributed by atoms with Crippen LogP contribution in [0.5, 0.6) is 0 Å². The second kappa shape index (κ2) is 5.04. The highest BCUT2D eigenvalue weighted by atomic mass is 16.4. The zero-order valence-electron chi connectivity index (χ0n) is 11.8. The first kappa shape index (κ1) is 13.9. The van der Waals surface area contributed by atoms with E-state index in [9.17, 15) is 9.59 Å². The first-order valence-corrected chi connectivity index (χ1v) is 6.63. The van der Waals surface area contributed by atoms with E-state index in [4.69, 9.17) is 15.3 Å². The molecule has 0 saturated heterocycles. The summed E-state index contributed by atoms with van der Waals surface area (Å²) in [6.07, 6.45) is 0. The number of nitrogens with two attached hydrogens (primary N) is 1. The fraction of sp³-hybridized carbons (Fsp3) is 0.0588. The normalized spacial score (nSPS) is 10.8. The number of anilines is 1. The first-order chi connectivity index (χ1) is 10.5. The molecule has 2 aromatic carbocycles. The van der Waals surface area contributed by atoms with Gasteiger partial charge in [0, 0.05) is 17.3 Å². The molecule has 1 aromatic heterocycles. The molecule has 0 spiro atoms. The number of carboxylic acids is 1. The number of hydrogen-bond acceptors (Lipinski definition) is 4. The van der Waals surface area contributed by atoms with Gasteiger partial charge in [0.2, 0.25) is 0 Å². The third-order valence-corrected chi connectivity index (χ3v) is 3.54. The van der Waals surface area contributed by atoms with Crippen molar-refractivity contribution < 1.29 is 14.3 Å². The summed E-state index contributed by atoms with van der Waals surface area (Å²) in [5.74, 6) is -0.691. The van der Waals surface area contributed by atoms with Crippen LogP contribution in [0.4, 0.5) is 5.69 Å². The van der Waals surface area contributed by atoms with Gasteiger partial charge in [-0.3, -0.25) is 4.79 Å². The summed E-state index contributed by atoms with van der Waals surface area (Å²) in [6, 6.07) is 11.0. The number of benzene rings is 2. The third kappa shape index (κ3) is 2.33. The molecule has 3 rings (SSSR count). The zero-order valence-corrected chi connectivity index (χ0v) is 11.8. The number of fused-ring (bicyclic) bond motifs is 1. The van der Waals surface area contributed by atoms with Gasteiger partial charge in [0.05, 0.1) is 10.9 Å². The van der Waals surface area contributed by atoms with Gasteiger partial charge in [-0.25, -0.2) is 4.79 Å². The average Bonchev–Trinajstić information content (AvgIpc) is 2.49. The second-order valence-corrected chi connectivity index (χ2v) is 5.06. The number of aromatic carboxylic acids is 1. The van der Waals surface area contributed by atoms with Crippen molar-refractivity contribution in [1.29, 1.82) is 0 Å². The van der Waals surface area contributed by atoms with Crippen LogP contribution in [-0.4, -0.2) is 11.1 Å². The lowest BCUT2D eigenvalue weighted by Crippen LogP contribution is -2.03. The van der Waals surface area contributed by atoms with Crippen LogP contribution in [0, 0.1) is 6.92 Å². The Morgan fingerprint density at radius 3 is 2.59 bits per heavy atom. The van der Waals surface area contributed by atoms with Gasteiger partial charge < -0.3 is 15.3 Å². The maximum Gasteiger partial charge on any atom is 0.335 e. The highest BCUT2D eigenvalue weighted by molar-refractivity contribution is 5.93. The highest BCUT2D eigenvalue weighted by Gasteiger charge is 2.11. The van der Waals surface area contributed by atoms with E-state index < -0.39 is 5.97 Å². The van der Waals surface area contributed by atoms with E-state index in [1.165, 1.54) is 24.3 Å². The van der Waals surface area contributed by atoms with E-state index >= 15 is 0 Å². The monoisotopic (exact) mass is 295 g/mol. The minimum atomic E-state index is -1.09. The van der Waals surface area contributed by atoms with Gasteiger partial charge in [0.25, 0.3) is 0 Å². The van der Waals surface area contributed by atoms with E-state index in [0.717, 1.165) is 5.56 Å². The third-order valence-electron chi connectivity index (χ3n) is 3.54. The Labute approximate surface area is 125 Å². The predicted octanol–water partition coefficient (Wildman–Crippen LogP) is 3.05. The molecule has 110 valence electrons. The molecule has 3 aromatic rings. The second-order valence-electron chi connectivity index (χ2n) is 5.06. The molecule has 0 bridgehead atoms. The minimum absolute atomic E-state index is 0.0483. The molecule has 0 aliphatic carbocycles. The SMILES string of the molecule is Cc1ccc(-c2cc(=O)c3cc(C(=O)O)ccc3o2)cc1N. The molecule has 0 radical (unpaired) electrons. The minimum Gasteiger partial charge on any atom is -0.478 e. The zero-order chi connectivity index (χ0) is 15.9. The first-order valence-electron chi connectivity index (χ1n) is 6.63. The summed E-state index contributed by atoms with van der Waals surface area (Å²) in [6.45, 7) is 1.89. The van der Waals surface area contributed by atoms with Crippen molar-refractivity contribution >= 4 is 22.6 Å². The Morgan fingerprint density at radius 2 is 1.91 bits per heavy atom. The van der Waals surface area contributed by atoms with Crippen molar-refractivity contribution in [2.75, 3.05) is 5.73 Å². The Morgan fingerprint density at radius 1 is 1.14 bits per heavy atom. The molecule has 0 unspecified atom stereocenters. The molecule has 0 aliphatic rings. The number of aryl methyl sites for hydroxylation is 1. The van der Waals surface area contributed by atoms with Crippen LogP contribution in [0.3, 0.4) is 0 Å². The van der Waals surface area contributed by atoms with Crippen molar-refractivity contribution in [2.45, 2.75) is 6.92 Å². The summed E-state index contributed by atoms with van der Waals surface area (Å²) in [5, 5.41) is 9.22. The highest BCUT2D eigenvalue weighted by Crippen LogP contribution is 2.25. The van der Waals surface area contributed by atoms with Crippen molar-refractivity contribution in [3.8, 4) is 11.3 Å². The number of hydrogen-bond donors (Lipinski definition) is 2. The van der Waals surface area contributed by atoms with Crippen LogP contribution in [0.25, 0.3) is 22.3 Å². The van der Waals surface area contributed by atoms with E-state index in [2.05, 4.69) is 0 Å². The number of carbonyl (C=O) groups is 1. The van der Waals surface area contributed by atoms with Gasteiger partial charge in [0.15, 0.2) is 5.43 Å². The topological polar surface area (TPSA) is 93.5 Å². The molecule has 0 saturated carbocycles. The lowest BCUT2D eigenvalue weighted by atomic mass is 10.1. The van der Waals surface area contributed by atoms with Gasteiger partial charge in [0.1, 0.15) is 11.3 Å². The van der Waals surface area contributed by atoms with Gasteiger partial charge in [-0.2, -0.15) is 0 Å². The van der Waals surface area contributed by atoms with Crippen molar-refractivity contribution in [3.63, 3.8) is 0 Å². The Bertz CT molecular complexity index is 957. The number of rotatable bonds is 2. The molecule has 3 N–H and O–H groups in total. The summed E-state index contributed by atoms with van der Waals surface area (Å²) >= 11 is 0. The quantitative estimate of drug-likeness (QED) is 0.709. The summed E-state index contributed by atoms with van der Waals surface area (Å²) < 4.78 is 5.71. The van der Waals surface area contributed by atoms with Crippen LogP contribution >= 0.6 is 0 Å². The smallest absolute Gasteiger partial charge is 0.335 e. The molecule has 0 aliphatic heterocycles. The number of nitrogen functional groups attached to an aromatic ring is 1. The van der Waals surface area contributed by atoms with Gasteiger partial charge in [-0.1, -0.05) is 12.1 Å². The molecule has 0 fully saturated rings. The van der Waals surface area contributed by atoms with Crippen LogP contribution in [0.1, 0.15) is 15.9 Å². The Hall–Kier alpha value is -3.08. The van der Waals surface area contributed by atoms with Gasteiger partial charge in [-0.05, 0) is 36.8 Å². The van der Waals surface area contributed by atoms with E-state index in [0.29, 0.717) is 22.6 Å². The molecule has 1 heterocycles. The maximum atomic E-state index is 12.2. The average molecular weight is 295 g/mol.